The highest BCUT2D eigenvalue weighted by molar-refractivity contribution is 6.18. The van der Waals surface area contributed by atoms with E-state index in [2.05, 4.69) is 6.92 Å². The van der Waals surface area contributed by atoms with Gasteiger partial charge in [0, 0.05) is 6.61 Å². The summed E-state index contributed by atoms with van der Waals surface area (Å²) in [5.74, 6) is 0.256. The van der Waals surface area contributed by atoms with Gasteiger partial charge in [-0.2, -0.15) is 0 Å². The average molecular weight is 167 g/mol. The molecule has 0 radical (unpaired) electrons. The van der Waals surface area contributed by atoms with Gasteiger partial charge in [0.1, 0.15) is 0 Å². The van der Waals surface area contributed by atoms with Crippen molar-refractivity contribution in [3.63, 3.8) is 0 Å². The Hall–Kier alpha value is 0.210. The Kier molecular flexibility index (Phi) is 7.47. The van der Waals surface area contributed by atoms with E-state index >= 15 is 0 Å². The van der Waals surface area contributed by atoms with E-state index in [-0.39, 0.29) is 5.88 Å². The van der Waals surface area contributed by atoms with Crippen molar-refractivity contribution in [2.24, 2.45) is 0 Å². The molecule has 0 unspecified atom stereocenters. The molecular weight excluding hydrogens is 152 g/mol. The third-order valence-electron chi connectivity index (χ3n) is 1.13. The van der Waals surface area contributed by atoms with Crippen LogP contribution in [-0.4, -0.2) is 30.3 Å². The molecule has 0 aromatic heterocycles. The third kappa shape index (κ3) is 6.33. The van der Waals surface area contributed by atoms with Crippen molar-refractivity contribution in [3.05, 3.63) is 0 Å². The van der Waals surface area contributed by atoms with Gasteiger partial charge in [0.25, 0.3) is 0 Å². The standard InChI is InChI=1S/C7H15ClO2/c1-2-3-4-10-6-7(9)5-8/h7,9H,2-6H2,1H3/t7-/m1/s1. The maximum absolute atomic E-state index is 8.90. The largest absolute Gasteiger partial charge is 0.389 e. The maximum atomic E-state index is 8.90. The number of ether oxygens (including phenoxy) is 1. The SMILES string of the molecule is CCCCOC[C@H](O)CCl. The first-order valence-electron chi connectivity index (χ1n) is 3.63. The molecule has 0 fully saturated rings. The summed E-state index contributed by atoms with van der Waals surface area (Å²) in [4.78, 5) is 0. The van der Waals surface area contributed by atoms with Crippen LogP contribution in [0.3, 0.4) is 0 Å². The summed E-state index contributed by atoms with van der Waals surface area (Å²) in [6, 6.07) is 0. The Morgan fingerprint density at radius 3 is 2.80 bits per heavy atom. The number of alkyl halides is 1. The van der Waals surface area contributed by atoms with Gasteiger partial charge in [-0.05, 0) is 6.42 Å². The summed E-state index contributed by atoms with van der Waals surface area (Å²) < 4.78 is 5.09. The van der Waals surface area contributed by atoms with Crippen LogP contribution >= 0.6 is 11.6 Å². The minimum absolute atomic E-state index is 0.256. The highest BCUT2D eigenvalue weighted by Gasteiger charge is 1.99. The van der Waals surface area contributed by atoms with E-state index in [1.54, 1.807) is 0 Å². The van der Waals surface area contributed by atoms with E-state index in [0.29, 0.717) is 6.61 Å². The van der Waals surface area contributed by atoms with Crippen molar-refractivity contribution in [2.45, 2.75) is 25.9 Å². The van der Waals surface area contributed by atoms with Crippen molar-refractivity contribution in [2.75, 3.05) is 19.1 Å². The lowest BCUT2D eigenvalue weighted by atomic mass is 10.3. The summed E-state index contributed by atoms with van der Waals surface area (Å²) in [6.07, 6.45) is 1.67. The van der Waals surface area contributed by atoms with Crippen LogP contribution in [-0.2, 0) is 4.74 Å². The van der Waals surface area contributed by atoms with Crippen LogP contribution in [0.2, 0.25) is 0 Å². The van der Waals surface area contributed by atoms with Crippen LogP contribution in [0.15, 0.2) is 0 Å². The molecule has 0 amide bonds. The first kappa shape index (κ1) is 10.2. The van der Waals surface area contributed by atoms with Crippen molar-refractivity contribution in [1.82, 2.24) is 0 Å². The van der Waals surface area contributed by atoms with E-state index in [0.717, 1.165) is 19.4 Å². The normalized spacial score (nSPS) is 13.5. The molecule has 0 saturated heterocycles. The lowest BCUT2D eigenvalue weighted by Crippen LogP contribution is -2.16. The fourth-order valence-electron chi connectivity index (χ4n) is 0.510. The zero-order valence-electron chi connectivity index (χ0n) is 6.35. The molecule has 0 saturated carbocycles. The number of unbranched alkanes of at least 4 members (excludes halogenated alkanes) is 1. The van der Waals surface area contributed by atoms with Crippen LogP contribution in [0, 0.1) is 0 Å². The van der Waals surface area contributed by atoms with Gasteiger partial charge in [-0.15, -0.1) is 11.6 Å². The van der Waals surface area contributed by atoms with E-state index < -0.39 is 6.10 Å². The Morgan fingerprint density at radius 1 is 1.60 bits per heavy atom. The topological polar surface area (TPSA) is 29.5 Å². The zero-order chi connectivity index (χ0) is 7.82. The van der Waals surface area contributed by atoms with E-state index in [1.807, 2.05) is 0 Å². The Morgan fingerprint density at radius 2 is 2.30 bits per heavy atom. The van der Waals surface area contributed by atoms with Crippen molar-refractivity contribution in [3.8, 4) is 0 Å². The number of aliphatic hydroxyl groups excluding tert-OH is 1. The second-order valence-corrected chi connectivity index (χ2v) is 2.55. The lowest BCUT2D eigenvalue weighted by molar-refractivity contribution is 0.0467. The fourth-order valence-corrected chi connectivity index (χ4v) is 0.599. The molecule has 0 spiro atoms. The second kappa shape index (κ2) is 7.32. The molecule has 2 nitrogen and oxygen atoms in total. The molecule has 0 aromatic rings. The predicted octanol–water partition coefficient (Wildman–Crippen LogP) is 1.40. The molecule has 3 heteroatoms. The highest BCUT2D eigenvalue weighted by atomic mass is 35.5. The fraction of sp³-hybridized carbons (Fsp3) is 1.00. The molecule has 10 heavy (non-hydrogen) atoms. The third-order valence-corrected chi connectivity index (χ3v) is 1.49. The Balaban J connectivity index is 2.89. The van der Waals surface area contributed by atoms with Crippen molar-refractivity contribution in [1.29, 1.82) is 0 Å². The van der Waals surface area contributed by atoms with E-state index in [1.165, 1.54) is 0 Å². The van der Waals surface area contributed by atoms with Gasteiger partial charge in [0.05, 0.1) is 18.6 Å². The zero-order valence-corrected chi connectivity index (χ0v) is 7.10. The van der Waals surface area contributed by atoms with Gasteiger partial charge in [-0.1, -0.05) is 13.3 Å². The van der Waals surface area contributed by atoms with Gasteiger partial charge < -0.3 is 9.84 Å². The number of rotatable bonds is 6. The van der Waals surface area contributed by atoms with Gasteiger partial charge in [0.15, 0.2) is 0 Å². The summed E-state index contributed by atoms with van der Waals surface area (Å²) in [6.45, 7) is 3.19. The molecule has 0 rings (SSSR count). The molecule has 62 valence electrons. The molecule has 0 bridgehead atoms. The van der Waals surface area contributed by atoms with Crippen molar-refractivity contribution < 1.29 is 9.84 Å². The predicted molar refractivity (Wildman–Crippen MR) is 42.5 cm³/mol. The molecule has 0 aromatic carbocycles. The number of hydrogen-bond acceptors (Lipinski definition) is 2. The lowest BCUT2D eigenvalue weighted by Gasteiger charge is -2.06. The first-order chi connectivity index (χ1) is 4.81. The summed E-state index contributed by atoms with van der Waals surface area (Å²) >= 11 is 5.33. The monoisotopic (exact) mass is 166 g/mol. The first-order valence-corrected chi connectivity index (χ1v) is 4.16. The van der Waals surface area contributed by atoms with Crippen LogP contribution < -0.4 is 0 Å². The Bertz CT molecular complexity index is 68.6. The molecular formula is C7H15ClO2. The second-order valence-electron chi connectivity index (χ2n) is 2.24. The van der Waals surface area contributed by atoms with Gasteiger partial charge in [-0.25, -0.2) is 0 Å². The molecule has 0 aliphatic carbocycles. The average Bonchev–Trinajstić information content (AvgIpc) is 1.98. The van der Waals surface area contributed by atoms with Crippen LogP contribution in [0.5, 0.6) is 0 Å². The van der Waals surface area contributed by atoms with Gasteiger partial charge >= 0.3 is 0 Å². The van der Waals surface area contributed by atoms with Crippen LogP contribution in [0.1, 0.15) is 19.8 Å². The molecule has 0 aliphatic heterocycles. The molecule has 0 aliphatic rings. The molecule has 1 N–H and O–H groups in total. The maximum Gasteiger partial charge on any atom is 0.0908 e. The van der Waals surface area contributed by atoms with Gasteiger partial charge in [0.2, 0.25) is 0 Å². The minimum atomic E-state index is -0.501. The number of aliphatic hydroxyl groups is 1. The molecule has 0 heterocycles. The number of hydrogen-bond donors (Lipinski definition) is 1. The minimum Gasteiger partial charge on any atom is -0.389 e. The smallest absolute Gasteiger partial charge is 0.0908 e. The summed E-state index contributed by atoms with van der Waals surface area (Å²) in [5.41, 5.74) is 0. The quantitative estimate of drug-likeness (QED) is 0.478. The van der Waals surface area contributed by atoms with Crippen molar-refractivity contribution >= 4 is 11.6 Å². The van der Waals surface area contributed by atoms with E-state index in [4.69, 9.17) is 21.4 Å². The summed E-state index contributed by atoms with van der Waals surface area (Å²) in [5, 5.41) is 8.90. The molecule has 1 atom stereocenters. The van der Waals surface area contributed by atoms with Crippen LogP contribution in [0.25, 0.3) is 0 Å². The Labute approximate surface area is 67.1 Å². The summed E-state index contributed by atoms with van der Waals surface area (Å²) in [7, 11) is 0. The highest BCUT2D eigenvalue weighted by Crippen LogP contribution is 1.92. The van der Waals surface area contributed by atoms with E-state index in [9.17, 15) is 0 Å². The number of halogens is 1. The van der Waals surface area contributed by atoms with Crippen LogP contribution in [0.4, 0.5) is 0 Å². The van der Waals surface area contributed by atoms with Gasteiger partial charge in [-0.3, -0.25) is 0 Å².